The van der Waals surface area contributed by atoms with Crippen LogP contribution in [0.25, 0.3) is 10.9 Å². The highest BCUT2D eigenvalue weighted by atomic mass is 16.5. The van der Waals surface area contributed by atoms with E-state index in [0.717, 1.165) is 68.0 Å². The molecule has 2 saturated heterocycles. The highest BCUT2D eigenvalue weighted by molar-refractivity contribution is 6.06. The lowest BCUT2D eigenvalue weighted by molar-refractivity contribution is -0.122. The average Bonchev–Trinajstić information content (AvgIpc) is 3.28. The van der Waals surface area contributed by atoms with Crippen molar-refractivity contribution in [3.8, 4) is 5.75 Å². The molecule has 3 aliphatic rings. The summed E-state index contributed by atoms with van der Waals surface area (Å²) in [6, 6.07) is 12.8. The third kappa shape index (κ3) is 3.19. The molecule has 32 heavy (non-hydrogen) atoms. The number of nitrogens with zero attached hydrogens (tertiary/aromatic N) is 3. The first-order valence-electron chi connectivity index (χ1n) is 11.5. The zero-order valence-corrected chi connectivity index (χ0v) is 18.3. The lowest BCUT2D eigenvalue weighted by atomic mass is 9.73. The normalized spacial score (nSPS) is 20.3. The molecule has 0 aliphatic carbocycles. The molecule has 0 atom stereocenters. The summed E-state index contributed by atoms with van der Waals surface area (Å²) in [5.74, 6) is 1.03. The van der Waals surface area contributed by atoms with Gasteiger partial charge < -0.3 is 14.8 Å². The van der Waals surface area contributed by atoms with Crippen LogP contribution in [0, 0.1) is 6.92 Å². The lowest BCUT2D eigenvalue weighted by Gasteiger charge is -2.38. The predicted octanol–water partition coefficient (Wildman–Crippen LogP) is 3.28. The van der Waals surface area contributed by atoms with E-state index in [1.165, 1.54) is 11.1 Å². The Kier molecular flexibility index (Phi) is 4.69. The van der Waals surface area contributed by atoms with Crippen LogP contribution >= 0.6 is 0 Å². The van der Waals surface area contributed by atoms with Gasteiger partial charge in [0, 0.05) is 17.6 Å². The Labute approximate surface area is 187 Å². The van der Waals surface area contributed by atoms with Gasteiger partial charge in [-0.2, -0.15) is 5.10 Å². The molecule has 1 amide bonds. The van der Waals surface area contributed by atoms with Crippen molar-refractivity contribution in [2.75, 3.05) is 44.8 Å². The minimum Gasteiger partial charge on any atom is -0.492 e. The second-order valence-electron chi connectivity index (χ2n) is 9.28. The van der Waals surface area contributed by atoms with Crippen LogP contribution < -0.4 is 10.1 Å². The van der Waals surface area contributed by atoms with Crippen LogP contribution in [0.4, 0.5) is 5.69 Å². The van der Waals surface area contributed by atoms with Crippen molar-refractivity contribution in [2.24, 2.45) is 0 Å². The number of piperidine rings is 1. The summed E-state index contributed by atoms with van der Waals surface area (Å²) in [5.41, 5.74) is 4.13. The molecular weight excluding hydrogens is 404 g/mol. The summed E-state index contributed by atoms with van der Waals surface area (Å²) in [4.78, 5) is 15.2. The molecular formula is C25H28N4O3. The number of anilines is 1. The first-order valence-corrected chi connectivity index (χ1v) is 11.5. The summed E-state index contributed by atoms with van der Waals surface area (Å²) < 4.78 is 13.4. The molecule has 0 unspecified atom stereocenters. The van der Waals surface area contributed by atoms with Gasteiger partial charge in [0.25, 0.3) is 0 Å². The minimum absolute atomic E-state index is 0.163. The molecule has 2 aromatic carbocycles. The van der Waals surface area contributed by atoms with Crippen molar-refractivity contribution in [1.29, 1.82) is 0 Å². The molecule has 4 heterocycles. The van der Waals surface area contributed by atoms with E-state index in [9.17, 15) is 4.79 Å². The fourth-order valence-corrected chi connectivity index (χ4v) is 5.25. The van der Waals surface area contributed by atoms with Crippen molar-refractivity contribution >= 4 is 22.5 Å². The van der Waals surface area contributed by atoms with E-state index >= 15 is 0 Å². The average molecular weight is 433 g/mol. The van der Waals surface area contributed by atoms with Crippen molar-refractivity contribution in [3.05, 3.63) is 53.7 Å². The molecule has 3 aliphatic heterocycles. The smallest absolute Gasteiger partial charge is 0.235 e. The Morgan fingerprint density at radius 3 is 2.81 bits per heavy atom. The largest absolute Gasteiger partial charge is 0.492 e. The number of benzene rings is 2. The second-order valence-corrected chi connectivity index (χ2v) is 9.28. The van der Waals surface area contributed by atoms with Crippen molar-refractivity contribution in [1.82, 2.24) is 14.7 Å². The van der Waals surface area contributed by atoms with Crippen molar-refractivity contribution in [2.45, 2.75) is 31.2 Å². The Hall–Kier alpha value is -2.90. The van der Waals surface area contributed by atoms with Crippen LogP contribution in [0.1, 0.15) is 30.0 Å². The summed E-state index contributed by atoms with van der Waals surface area (Å²) in [7, 11) is 0. The molecule has 7 heteroatoms. The highest BCUT2D eigenvalue weighted by Crippen LogP contribution is 2.45. The van der Waals surface area contributed by atoms with Gasteiger partial charge in [0.05, 0.1) is 36.4 Å². The van der Waals surface area contributed by atoms with Crippen molar-refractivity contribution < 1.29 is 14.3 Å². The van der Waals surface area contributed by atoms with Gasteiger partial charge >= 0.3 is 0 Å². The quantitative estimate of drug-likeness (QED) is 0.670. The molecule has 1 aromatic heterocycles. The van der Waals surface area contributed by atoms with Gasteiger partial charge in [0.15, 0.2) is 0 Å². The first-order chi connectivity index (χ1) is 15.6. The third-order valence-electron chi connectivity index (χ3n) is 7.29. The standard InChI is InChI=1S/C25H28N4O3/c1-17-2-4-22-21(12-17)25(24(30)27-22)6-8-28(9-7-25)10-11-32-20-3-5-23-18(13-20)14-26-29(23)19-15-31-16-19/h2-5,12-14,19H,6-11,15-16H2,1H3,(H,27,30). The molecule has 6 rings (SSSR count). The van der Waals surface area contributed by atoms with E-state index in [0.29, 0.717) is 12.6 Å². The molecule has 0 radical (unpaired) electrons. The van der Waals surface area contributed by atoms with Gasteiger partial charge in [0.1, 0.15) is 12.4 Å². The number of ether oxygens (including phenoxy) is 2. The van der Waals surface area contributed by atoms with E-state index in [1.807, 2.05) is 23.0 Å². The summed E-state index contributed by atoms with van der Waals surface area (Å²) in [6.45, 7) is 6.85. The van der Waals surface area contributed by atoms with Crippen LogP contribution in [0.15, 0.2) is 42.6 Å². The molecule has 7 nitrogen and oxygen atoms in total. The first kappa shape index (κ1) is 19.8. The summed E-state index contributed by atoms with van der Waals surface area (Å²) in [5, 5.41) is 8.71. The summed E-state index contributed by atoms with van der Waals surface area (Å²) >= 11 is 0. The third-order valence-corrected chi connectivity index (χ3v) is 7.29. The number of amides is 1. The Morgan fingerprint density at radius 2 is 2.03 bits per heavy atom. The Bertz CT molecular complexity index is 1180. The topological polar surface area (TPSA) is 68.6 Å². The van der Waals surface area contributed by atoms with Gasteiger partial charge in [-0.1, -0.05) is 17.7 Å². The second kappa shape index (κ2) is 7.60. The number of aryl methyl sites for hydroxylation is 1. The SMILES string of the molecule is Cc1ccc2c(c1)C1(CCN(CCOc3ccc4c(cnn4C4COC4)c3)CC1)C(=O)N2. The highest BCUT2D eigenvalue weighted by Gasteiger charge is 2.48. The van der Waals surface area contributed by atoms with Crippen molar-refractivity contribution in [3.63, 3.8) is 0 Å². The number of hydrogen-bond donors (Lipinski definition) is 1. The van der Waals surface area contributed by atoms with Gasteiger partial charge in [-0.25, -0.2) is 0 Å². The van der Waals surface area contributed by atoms with E-state index in [1.54, 1.807) is 0 Å². The van der Waals surface area contributed by atoms with Gasteiger partial charge in [-0.3, -0.25) is 14.4 Å². The number of fused-ring (bicyclic) bond motifs is 3. The molecule has 166 valence electrons. The van der Waals surface area contributed by atoms with E-state index in [4.69, 9.17) is 9.47 Å². The lowest BCUT2D eigenvalue weighted by Crippen LogP contribution is -2.47. The number of rotatable bonds is 5. The fraction of sp³-hybridized carbons (Fsp3) is 0.440. The molecule has 0 saturated carbocycles. The number of nitrogens with one attached hydrogen (secondary N) is 1. The zero-order valence-electron chi connectivity index (χ0n) is 18.3. The number of aromatic nitrogens is 2. The van der Waals surface area contributed by atoms with Gasteiger partial charge in [-0.05, 0) is 62.7 Å². The zero-order chi connectivity index (χ0) is 21.7. The Morgan fingerprint density at radius 1 is 1.19 bits per heavy atom. The molecule has 2 fully saturated rings. The van der Waals surface area contributed by atoms with Crippen LogP contribution in [-0.4, -0.2) is 60.0 Å². The minimum atomic E-state index is -0.366. The maximum Gasteiger partial charge on any atom is 0.235 e. The van der Waals surface area contributed by atoms with Crippen LogP contribution in [0.5, 0.6) is 5.75 Å². The summed E-state index contributed by atoms with van der Waals surface area (Å²) in [6.07, 6.45) is 3.60. The van der Waals surface area contributed by atoms with Gasteiger partial charge in [0.2, 0.25) is 5.91 Å². The van der Waals surface area contributed by atoms with E-state index in [2.05, 4.69) is 46.5 Å². The van der Waals surface area contributed by atoms with Crippen LogP contribution in [0.3, 0.4) is 0 Å². The molecule has 1 spiro atoms. The number of likely N-dealkylation sites (tertiary alicyclic amines) is 1. The fourth-order valence-electron chi connectivity index (χ4n) is 5.25. The number of hydrogen-bond acceptors (Lipinski definition) is 5. The Balaban J connectivity index is 1.06. The molecule has 3 aromatic rings. The van der Waals surface area contributed by atoms with Crippen LogP contribution in [0.2, 0.25) is 0 Å². The number of carbonyl (C=O) groups is 1. The number of carbonyl (C=O) groups excluding carboxylic acids is 1. The molecule has 0 bridgehead atoms. The maximum absolute atomic E-state index is 12.8. The molecule has 1 N–H and O–H groups in total. The van der Waals surface area contributed by atoms with Crippen LogP contribution in [-0.2, 0) is 14.9 Å². The maximum atomic E-state index is 12.8. The monoisotopic (exact) mass is 432 g/mol. The van der Waals surface area contributed by atoms with E-state index < -0.39 is 0 Å². The van der Waals surface area contributed by atoms with E-state index in [-0.39, 0.29) is 11.3 Å². The predicted molar refractivity (Wildman–Crippen MR) is 122 cm³/mol. The van der Waals surface area contributed by atoms with Gasteiger partial charge in [-0.15, -0.1) is 0 Å².